The van der Waals surface area contributed by atoms with Crippen LogP contribution in [-0.4, -0.2) is 32.3 Å². The van der Waals surface area contributed by atoms with Crippen molar-refractivity contribution in [3.63, 3.8) is 0 Å². The highest BCUT2D eigenvalue weighted by molar-refractivity contribution is 5.79. The number of nitrogens with zero attached hydrogens (tertiary/aromatic N) is 1. The molecule has 0 radical (unpaired) electrons. The second kappa shape index (κ2) is 9.26. The molecule has 1 aliphatic heterocycles. The van der Waals surface area contributed by atoms with Gasteiger partial charge in [-0.25, -0.2) is 4.99 Å². The summed E-state index contributed by atoms with van der Waals surface area (Å²) in [6, 6.07) is 8.39. The zero-order chi connectivity index (χ0) is 15.6. The molecule has 120 valence electrons. The summed E-state index contributed by atoms with van der Waals surface area (Å²) in [5.41, 5.74) is 4.04. The molecule has 0 unspecified atom stereocenters. The molecule has 2 N–H and O–H groups in total. The molecule has 0 saturated heterocycles. The van der Waals surface area contributed by atoms with Gasteiger partial charge in [-0.3, -0.25) is 0 Å². The summed E-state index contributed by atoms with van der Waals surface area (Å²) in [6.07, 6.45) is 4.30. The lowest BCUT2D eigenvalue weighted by molar-refractivity contribution is 0.153. The van der Waals surface area contributed by atoms with Crippen LogP contribution in [0.15, 0.2) is 40.9 Å². The van der Waals surface area contributed by atoms with E-state index in [1.54, 1.807) is 0 Å². The maximum Gasteiger partial charge on any atom is 0.191 e. The predicted octanol–water partition coefficient (Wildman–Crippen LogP) is 2.79. The highest BCUT2D eigenvalue weighted by atomic mass is 16.5. The van der Waals surface area contributed by atoms with Gasteiger partial charge >= 0.3 is 0 Å². The number of guanidine groups is 1. The van der Waals surface area contributed by atoms with Crippen LogP contribution in [0.4, 0.5) is 0 Å². The van der Waals surface area contributed by atoms with Crippen LogP contribution < -0.4 is 10.6 Å². The summed E-state index contributed by atoms with van der Waals surface area (Å²) in [4.78, 5) is 4.68. The summed E-state index contributed by atoms with van der Waals surface area (Å²) in [5, 5.41) is 6.72. The molecule has 0 fully saturated rings. The smallest absolute Gasteiger partial charge is 0.191 e. The Bertz CT molecular complexity index is 523. The van der Waals surface area contributed by atoms with E-state index in [9.17, 15) is 0 Å². The summed E-state index contributed by atoms with van der Waals surface area (Å²) in [6.45, 7) is 8.32. The molecule has 0 atom stereocenters. The van der Waals surface area contributed by atoms with E-state index in [0.29, 0.717) is 6.54 Å². The van der Waals surface area contributed by atoms with Gasteiger partial charge in [-0.15, -0.1) is 0 Å². The van der Waals surface area contributed by atoms with Gasteiger partial charge in [0.15, 0.2) is 5.96 Å². The van der Waals surface area contributed by atoms with E-state index < -0.39 is 0 Å². The number of nitrogens with one attached hydrogen (secondary N) is 2. The fourth-order valence-corrected chi connectivity index (χ4v) is 2.43. The topological polar surface area (TPSA) is 45.7 Å². The van der Waals surface area contributed by atoms with Gasteiger partial charge in [-0.2, -0.15) is 0 Å². The molecule has 4 nitrogen and oxygen atoms in total. The van der Waals surface area contributed by atoms with Gasteiger partial charge in [-0.1, -0.05) is 35.9 Å². The molecule has 1 heterocycles. The van der Waals surface area contributed by atoms with Crippen molar-refractivity contribution in [2.45, 2.75) is 33.2 Å². The maximum atomic E-state index is 5.33. The van der Waals surface area contributed by atoms with Crippen molar-refractivity contribution in [3.05, 3.63) is 47.0 Å². The molecule has 0 saturated carbocycles. The third kappa shape index (κ3) is 5.53. The molecular formula is C18H27N3O. The molecule has 4 heteroatoms. The van der Waals surface area contributed by atoms with Crippen molar-refractivity contribution >= 4 is 5.96 Å². The van der Waals surface area contributed by atoms with Crippen LogP contribution in [0.2, 0.25) is 0 Å². The Morgan fingerprint density at radius 1 is 1.27 bits per heavy atom. The third-order valence-electron chi connectivity index (χ3n) is 3.81. The van der Waals surface area contributed by atoms with Gasteiger partial charge in [0.1, 0.15) is 0 Å². The summed E-state index contributed by atoms with van der Waals surface area (Å²) in [5.74, 6) is 0.887. The first-order valence-corrected chi connectivity index (χ1v) is 8.12. The SMILES string of the molecule is CCNC(=NCc1ccccc1C)NCCC1=CCOCC1. The minimum absolute atomic E-state index is 0.707. The Kier molecular flexibility index (Phi) is 6.97. The van der Waals surface area contributed by atoms with Crippen LogP contribution in [0.3, 0.4) is 0 Å². The normalized spacial score (nSPS) is 15.4. The van der Waals surface area contributed by atoms with Crippen molar-refractivity contribution in [2.24, 2.45) is 4.99 Å². The Morgan fingerprint density at radius 3 is 2.86 bits per heavy atom. The fraction of sp³-hybridized carbons (Fsp3) is 0.500. The molecule has 1 aromatic carbocycles. The minimum Gasteiger partial charge on any atom is -0.377 e. The van der Waals surface area contributed by atoms with Crippen molar-refractivity contribution in [1.29, 1.82) is 0 Å². The average molecular weight is 301 g/mol. The first-order valence-electron chi connectivity index (χ1n) is 8.12. The van der Waals surface area contributed by atoms with Gasteiger partial charge in [-0.05, 0) is 37.8 Å². The predicted molar refractivity (Wildman–Crippen MR) is 92.1 cm³/mol. The van der Waals surface area contributed by atoms with Gasteiger partial charge in [0, 0.05) is 13.1 Å². The van der Waals surface area contributed by atoms with Crippen LogP contribution in [0.25, 0.3) is 0 Å². The fourth-order valence-electron chi connectivity index (χ4n) is 2.43. The van der Waals surface area contributed by atoms with Gasteiger partial charge in [0.25, 0.3) is 0 Å². The first kappa shape index (κ1) is 16.6. The summed E-state index contributed by atoms with van der Waals surface area (Å²) >= 11 is 0. The van der Waals surface area contributed by atoms with E-state index >= 15 is 0 Å². The summed E-state index contributed by atoms with van der Waals surface area (Å²) < 4.78 is 5.33. The van der Waals surface area contributed by atoms with Gasteiger partial charge in [0.05, 0.1) is 19.8 Å². The molecule has 0 aliphatic carbocycles. The number of ether oxygens (including phenoxy) is 1. The van der Waals surface area contributed by atoms with Crippen LogP contribution >= 0.6 is 0 Å². The zero-order valence-electron chi connectivity index (χ0n) is 13.7. The van der Waals surface area contributed by atoms with Gasteiger partial charge < -0.3 is 15.4 Å². The van der Waals surface area contributed by atoms with Crippen LogP contribution in [-0.2, 0) is 11.3 Å². The lowest BCUT2D eigenvalue weighted by Crippen LogP contribution is -2.38. The van der Waals surface area contributed by atoms with E-state index in [2.05, 4.69) is 59.8 Å². The molecule has 0 bridgehead atoms. The van der Waals surface area contributed by atoms with Crippen molar-refractivity contribution in [3.8, 4) is 0 Å². The molecule has 0 aromatic heterocycles. The minimum atomic E-state index is 0.707. The van der Waals surface area contributed by atoms with Crippen molar-refractivity contribution in [2.75, 3.05) is 26.3 Å². The monoisotopic (exact) mass is 301 g/mol. The standard InChI is InChI=1S/C18H27N3O/c1-3-19-18(20-11-8-16-9-12-22-13-10-16)21-14-17-7-5-4-6-15(17)2/h4-7,9H,3,8,10-14H2,1-2H3,(H2,19,20,21). The van der Waals surface area contributed by atoms with E-state index in [4.69, 9.17) is 4.74 Å². The van der Waals surface area contributed by atoms with Crippen molar-refractivity contribution in [1.82, 2.24) is 10.6 Å². The number of hydrogen-bond donors (Lipinski definition) is 2. The molecule has 1 aromatic rings. The molecule has 22 heavy (non-hydrogen) atoms. The Hall–Kier alpha value is -1.81. The first-order chi connectivity index (χ1) is 10.8. The number of benzene rings is 1. The number of rotatable bonds is 6. The lowest BCUT2D eigenvalue weighted by atomic mass is 10.1. The van der Waals surface area contributed by atoms with E-state index in [1.807, 2.05) is 0 Å². The second-order valence-corrected chi connectivity index (χ2v) is 5.49. The van der Waals surface area contributed by atoms with Crippen LogP contribution in [0, 0.1) is 6.92 Å². The highest BCUT2D eigenvalue weighted by Crippen LogP contribution is 2.11. The van der Waals surface area contributed by atoms with Crippen molar-refractivity contribution < 1.29 is 4.74 Å². The van der Waals surface area contributed by atoms with Crippen LogP contribution in [0.1, 0.15) is 30.9 Å². The molecular weight excluding hydrogens is 274 g/mol. The Labute approximate surface area is 133 Å². The maximum absolute atomic E-state index is 5.33. The van der Waals surface area contributed by atoms with E-state index in [1.165, 1.54) is 16.7 Å². The second-order valence-electron chi connectivity index (χ2n) is 5.49. The van der Waals surface area contributed by atoms with E-state index in [-0.39, 0.29) is 0 Å². The Balaban J connectivity index is 1.84. The third-order valence-corrected chi connectivity index (χ3v) is 3.81. The number of aryl methyl sites for hydroxylation is 1. The molecule has 0 amide bonds. The number of aliphatic imine (C=N–C) groups is 1. The largest absolute Gasteiger partial charge is 0.377 e. The zero-order valence-corrected chi connectivity index (χ0v) is 13.7. The lowest BCUT2D eigenvalue weighted by Gasteiger charge is -2.15. The molecule has 1 aliphatic rings. The van der Waals surface area contributed by atoms with Gasteiger partial charge in [0.2, 0.25) is 0 Å². The Morgan fingerprint density at radius 2 is 2.14 bits per heavy atom. The quantitative estimate of drug-likeness (QED) is 0.482. The highest BCUT2D eigenvalue weighted by Gasteiger charge is 2.04. The summed E-state index contributed by atoms with van der Waals surface area (Å²) in [7, 11) is 0. The average Bonchev–Trinajstić information content (AvgIpc) is 2.55. The number of hydrogen-bond acceptors (Lipinski definition) is 2. The molecule has 0 spiro atoms. The van der Waals surface area contributed by atoms with Crippen LogP contribution in [0.5, 0.6) is 0 Å². The molecule has 2 rings (SSSR count). The van der Waals surface area contributed by atoms with E-state index in [0.717, 1.165) is 45.1 Å².